The monoisotopic (exact) mass is 242 g/mol. The van der Waals surface area contributed by atoms with E-state index in [0.717, 1.165) is 6.42 Å². The number of carbonyl (C=O) groups is 1. The van der Waals surface area contributed by atoms with Crippen LogP contribution in [0.4, 0.5) is 8.78 Å². The van der Waals surface area contributed by atoms with Gasteiger partial charge in [0.05, 0.1) is 6.54 Å². The molecule has 1 amide bonds. The topological polar surface area (TPSA) is 41.1 Å². The van der Waals surface area contributed by atoms with E-state index in [1.165, 1.54) is 0 Å². The van der Waals surface area contributed by atoms with Gasteiger partial charge in [0.2, 0.25) is 5.91 Å². The molecule has 0 spiro atoms. The second-order valence-electron chi connectivity index (χ2n) is 3.71. The third-order valence-electron chi connectivity index (χ3n) is 2.16. The van der Waals surface area contributed by atoms with Crippen LogP contribution in [-0.4, -0.2) is 31.0 Å². The van der Waals surface area contributed by atoms with E-state index in [4.69, 9.17) is 0 Å². The van der Waals surface area contributed by atoms with E-state index in [-0.39, 0.29) is 31.3 Å². The van der Waals surface area contributed by atoms with Crippen LogP contribution in [0.15, 0.2) is 0 Å². The highest BCUT2D eigenvalue weighted by molar-refractivity contribution is 5.85. The number of hydrogen-bond donors (Lipinski definition) is 2. The standard InChI is InChI=1S/C9H16F2N2O.ClH/c1-2-3-8(14)13-7-4-9(10,11)6-12-5-7;/h7,12H,2-6H2,1H3,(H,13,14);1H. The Labute approximate surface area is 94.4 Å². The number of nitrogens with one attached hydrogen (secondary N) is 2. The Morgan fingerprint density at radius 1 is 1.60 bits per heavy atom. The van der Waals surface area contributed by atoms with E-state index in [9.17, 15) is 13.6 Å². The molecule has 1 saturated heterocycles. The van der Waals surface area contributed by atoms with E-state index in [0.29, 0.717) is 13.0 Å². The lowest BCUT2D eigenvalue weighted by Gasteiger charge is -2.30. The summed E-state index contributed by atoms with van der Waals surface area (Å²) < 4.78 is 25.8. The highest BCUT2D eigenvalue weighted by Crippen LogP contribution is 2.22. The summed E-state index contributed by atoms with van der Waals surface area (Å²) in [6.45, 7) is 2.03. The van der Waals surface area contributed by atoms with E-state index in [1.54, 1.807) is 0 Å². The Morgan fingerprint density at radius 2 is 2.27 bits per heavy atom. The number of hydrogen-bond acceptors (Lipinski definition) is 2. The van der Waals surface area contributed by atoms with E-state index < -0.39 is 12.0 Å². The number of carbonyl (C=O) groups excluding carboxylic acids is 1. The summed E-state index contributed by atoms with van der Waals surface area (Å²) in [6.07, 6.45) is 0.889. The Bertz CT molecular complexity index is 214. The molecule has 1 aliphatic rings. The second-order valence-corrected chi connectivity index (χ2v) is 3.71. The van der Waals surface area contributed by atoms with Crippen LogP contribution in [0.2, 0.25) is 0 Å². The van der Waals surface area contributed by atoms with Crippen LogP contribution in [0.25, 0.3) is 0 Å². The highest BCUT2D eigenvalue weighted by atomic mass is 35.5. The van der Waals surface area contributed by atoms with Gasteiger partial charge < -0.3 is 10.6 Å². The predicted octanol–water partition coefficient (Wildman–Crippen LogP) is 1.32. The summed E-state index contributed by atoms with van der Waals surface area (Å²) in [4.78, 5) is 11.1. The number of halogens is 3. The molecule has 90 valence electrons. The van der Waals surface area contributed by atoms with Gasteiger partial charge >= 0.3 is 0 Å². The minimum absolute atomic E-state index is 0. The third-order valence-corrected chi connectivity index (χ3v) is 2.16. The first kappa shape index (κ1) is 14.6. The van der Waals surface area contributed by atoms with Gasteiger partial charge in [0.15, 0.2) is 0 Å². The van der Waals surface area contributed by atoms with Gasteiger partial charge in [-0.25, -0.2) is 8.78 Å². The quantitative estimate of drug-likeness (QED) is 0.784. The first-order chi connectivity index (χ1) is 6.53. The molecule has 0 saturated carbocycles. The number of rotatable bonds is 3. The van der Waals surface area contributed by atoms with Crippen molar-refractivity contribution >= 4 is 18.3 Å². The zero-order valence-corrected chi connectivity index (χ0v) is 9.50. The van der Waals surface area contributed by atoms with Crippen molar-refractivity contribution in [3.63, 3.8) is 0 Å². The maximum absolute atomic E-state index is 12.9. The van der Waals surface area contributed by atoms with Crippen molar-refractivity contribution < 1.29 is 13.6 Å². The first-order valence-corrected chi connectivity index (χ1v) is 4.91. The van der Waals surface area contributed by atoms with Crippen molar-refractivity contribution in [1.29, 1.82) is 0 Å². The Morgan fingerprint density at radius 3 is 2.80 bits per heavy atom. The molecule has 0 aromatic rings. The molecule has 1 rings (SSSR count). The van der Waals surface area contributed by atoms with Crippen LogP contribution in [0.3, 0.4) is 0 Å². The van der Waals surface area contributed by atoms with Crippen LogP contribution < -0.4 is 10.6 Å². The summed E-state index contributed by atoms with van der Waals surface area (Å²) in [5.41, 5.74) is 0. The van der Waals surface area contributed by atoms with Crippen LogP contribution in [0.5, 0.6) is 0 Å². The fourth-order valence-electron chi connectivity index (χ4n) is 1.56. The molecule has 2 N–H and O–H groups in total. The molecule has 15 heavy (non-hydrogen) atoms. The minimum Gasteiger partial charge on any atom is -0.352 e. The molecular formula is C9H17ClF2N2O. The maximum atomic E-state index is 12.9. The van der Waals surface area contributed by atoms with Crippen molar-refractivity contribution in [2.45, 2.75) is 38.2 Å². The van der Waals surface area contributed by atoms with Crippen LogP contribution in [0, 0.1) is 0 Å². The third kappa shape index (κ3) is 5.28. The van der Waals surface area contributed by atoms with Gasteiger partial charge in [-0.2, -0.15) is 0 Å². The molecule has 1 fully saturated rings. The summed E-state index contributed by atoms with van der Waals surface area (Å²) >= 11 is 0. The van der Waals surface area contributed by atoms with Crippen molar-refractivity contribution in [1.82, 2.24) is 10.6 Å². The fourth-order valence-corrected chi connectivity index (χ4v) is 1.56. The Kier molecular flexibility index (Phi) is 6.05. The average molecular weight is 243 g/mol. The van der Waals surface area contributed by atoms with Crippen LogP contribution in [0.1, 0.15) is 26.2 Å². The molecule has 0 bridgehead atoms. The Hall–Kier alpha value is -0.420. The van der Waals surface area contributed by atoms with Gasteiger partial charge in [0.1, 0.15) is 0 Å². The van der Waals surface area contributed by atoms with Crippen molar-refractivity contribution in [2.24, 2.45) is 0 Å². The zero-order chi connectivity index (χ0) is 10.6. The van der Waals surface area contributed by atoms with Crippen LogP contribution in [-0.2, 0) is 4.79 Å². The highest BCUT2D eigenvalue weighted by Gasteiger charge is 2.36. The predicted molar refractivity (Wildman–Crippen MR) is 56.5 cm³/mol. The second kappa shape index (κ2) is 6.23. The molecule has 0 aliphatic carbocycles. The number of amides is 1. The Balaban J connectivity index is 0.00000196. The van der Waals surface area contributed by atoms with Crippen molar-refractivity contribution in [3.05, 3.63) is 0 Å². The lowest BCUT2D eigenvalue weighted by Crippen LogP contribution is -2.53. The normalized spacial score (nSPS) is 24.1. The van der Waals surface area contributed by atoms with Gasteiger partial charge in [-0.15, -0.1) is 12.4 Å². The minimum atomic E-state index is -2.69. The van der Waals surface area contributed by atoms with Gasteiger partial charge in [-0.3, -0.25) is 4.79 Å². The first-order valence-electron chi connectivity index (χ1n) is 4.91. The SMILES string of the molecule is CCCC(=O)NC1CNCC(F)(F)C1.Cl. The summed E-state index contributed by atoms with van der Waals surface area (Å²) in [7, 11) is 0. The molecule has 0 aromatic carbocycles. The van der Waals surface area contributed by atoms with E-state index in [2.05, 4.69) is 10.6 Å². The smallest absolute Gasteiger partial charge is 0.262 e. The van der Waals surface area contributed by atoms with Gasteiger partial charge in [-0.1, -0.05) is 6.92 Å². The molecule has 3 nitrogen and oxygen atoms in total. The van der Waals surface area contributed by atoms with Crippen molar-refractivity contribution in [2.75, 3.05) is 13.1 Å². The largest absolute Gasteiger partial charge is 0.352 e. The molecular weight excluding hydrogens is 226 g/mol. The molecule has 1 aliphatic heterocycles. The van der Waals surface area contributed by atoms with Gasteiger partial charge in [0, 0.05) is 25.4 Å². The lowest BCUT2D eigenvalue weighted by atomic mass is 10.0. The van der Waals surface area contributed by atoms with Crippen molar-refractivity contribution in [3.8, 4) is 0 Å². The lowest BCUT2D eigenvalue weighted by molar-refractivity contribution is -0.122. The average Bonchev–Trinajstić information content (AvgIpc) is 2.02. The molecule has 0 radical (unpaired) electrons. The van der Waals surface area contributed by atoms with E-state index in [1.807, 2.05) is 6.92 Å². The molecule has 1 atom stereocenters. The van der Waals surface area contributed by atoms with Gasteiger partial charge in [-0.05, 0) is 6.42 Å². The van der Waals surface area contributed by atoms with E-state index >= 15 is 0 Å². The summed E-state index contributed by atoms with van der Waals surface area (Å²) in [5.74, 6) is -2.83. The number of alkyl halides is 2. The maximum Gasteiger partial charge on any atom is 0.262 e. The molecule has 1 heterocycles. The molecule has 6 heteroatoms. The van der Waals surface area contributed by atoms with Crippen LogP contribution >= 0.6 is 12.4 Å². The molecule has 0 aromatic heterocycles. The fraction of sp³-hybridized carbons (Fsp3) is 0.889. The van der Waals surface area contributed by atoms with Gasteiger partial charge in [0.25, 0.3) is 5.92 Å². The molecule has 1 unspecified atom stereocenters. The zero-order valence-electron chi connectivity index (χ0n) is 8.69. The summed E-state index contributed by atoms with van der Waals surface area (Å²) in [5, 5.41) is 5.20. The summed E-state index contributed by atoms with van der Waals surface area (Å²) in [6, 6.07) is -0.433. The number of piperidine rings is 1.